The van der Waals surface area contributed by atoms with E-state index in [-0.39, 0.29) is 0 Å². The highest BCUT2D eigenvalue weighted by molar-refractivity contribution is 9.10. The summed E-state index contributed by atoms with van der Waals surface area (Å²) in [5.41, 5.74) is 2.73. The maximum absolute atomic E-state index is 3.63. The number of hydrogen-bond donors (Lipinski definition) is 1. The Morgan fingerprint density at radius 3 is 2.56 bits per heavy atom. The number of nitrogens with one attached hydrogen (secondary N) is 1. The van der Waals surface area contributed by atoms with E-state index in [0.717, 1.165) is 6.54 Å². The fourth-order valence-electron chi connectivity index (χ4n) is 1.73. The molecule has 1 rings (SSSR count). The molecule has 0 aromatic heterocycles. The molecule has 0 saturated carbocycles. The van der Waals surface area contributed by atoms with Crippen LogP contribution >= 0.6 is 15.9 Å². The molecule has 0 aliphatic heterocycles. The summed E-state index contributed by atoms with van der Waals surface area (Å²) in [5.74, 6) is 0. The van der Waals surface area contributed by atoms with Crippen molar-refractivity contribution in [3.63, 3.8) is 0 Å². The summed E-state index contributed by atoms with van der Waals surface area (Å²) in [6.45, 7) is 5.53. The van der Waals surface area contributed by atoms with Gasteiger partial charge in [-0.25, -0.2) is 0 Å². The van der Waals surface area contributed by atoms with Crippen molar-refractivity contribution in [2.75, 3.05) is 11.9 Å². The van der Waals surface area contributed by atoms with Gasteiger partial charge in [0, 0.05) is 11.0 Å². The third-order valence-electron chi connectivity index (χ3n) is 2.73. The third kappa shape index (κ3) is 4.17. The molecule has 1 aromatic rings. The Bertz CT molecular complexity index is 310. The first-order chi connectivity index (χ1) is 7.79. The van der Waals surface area contributed by atoms with Gasteiger partial charge in [-0.2, -0.15) is 0 Å². The Labute approximate surface area is 108 Å². The van der Waals surface area contributed by atoms with Gasteiger partial charge in [0.15, 0.2) is 0 Å². The van der Waals surface area contributed by atoms with E-state index in [4.69, 9.17) is 0 Å². The predicted octanol–water partition coefficient (Wildman–Crippen LogP) is 5.00. The van der Waals surface area contributed by atoms with Crippen molar-refractivity contribution in [1.82, 2.24) is 0 Å². The topological polar surface area (TPSA) is 12.0 Å². The zero-order chi connectivity index (χ0) is 11.8. The van der Waals surface area contributed by atoms with Crippen molar-refractivity contribution < 1.29 is 0 Å². The monoisotopic (exact) mass is 283 g/mol. The van der Waals surface area contributed by atoms with Crippen LogP contribution in [0.15, 0.2) is 22.7 Å². The molecule has 0 bridgehead atoms. The van der Waals surface area contributed by atoms with Gasteiger partial charge in [0.2, 0.25) is 0 Å². The number of rotatable bonds is 7. The molecule has 0 atom stereocenters. The summed E-state index contributed by atoms with van der Waals surface area (Å²) in [4.78, 5) is 0. The Kier molecular flexibility index (Phi) is 6.55. The molecule has 2 heteroatoms. The van der Waals surface area contributed by atoms with E-state index in [0.29, 0.717) is 0 Å². The second-order valence-electron chi connectivity index (χ2n) is 4.16. The van der Waals surface area contributed by atoms with Crippen molar-refractivity contribution in [2.45, 2.75) is 46.0 Å². The Balaban J connectivity index is 2.69. The average Bonchev–Trinajstić information content (AvgIpc) is 2.29. The first-order valence-corrected chi connectivity index (χ1v) is 7.10. The van der Waals surface area contributed by atoms with Crippen LogP contribution in [0.2, 0.25) is 0 Å². The largest absolute Gasteiger partial charge is 0.384 e. The van der Waals surface area contributed by atoms with Crippen LogP contribution in [0, 0.1) is 0 Å². The summed E-state index contributed by atoms with van der Waals surface area (Å²) in [7, 11) is 0. The molecule has 90 valence electrons. The smallest absolute Gasteiger partial charge is 0.0517 e. The molecule has 0 saturated heterocycles. The second-order valence-corrected chi connectivity index (χ2v) is 5.01. The molecule has 16 heavy (non-hydrogen) atoms. The molecular weight excluding hydrogens is 262 g/mol. The Morgan fingerprint density at radius 2 is 1.88 bits per heavy atom. The van der Waals surface area contributed by atoms with Crippen LogP contribution in [0.25, 0.3) is 0 Å². The van der Waals surface area contributed by atoms with Crippen LogP contribution in [-0.2, 0) is 6.42 Å². The highest BCUT2D eigenvalue weighted by Crippen LogP contribution is 2.27. The number of anilines is 1. The predicted molar refractivity (Wildman–Crippen MR) is 76.2 cm³/mol. The molecule has 0 heterocycles. The maximum atomic E-state index is 3.63. The molecular formula is C14H22BrN. The minimum absolute atomic E-state index is 1.07. The molecule has 0 amide bonds. The average molecular weight is 284 g/mol. The summed E-state index contributed by atoms with van der Waals surface area (Å²) in [5, 5.41) is 3.54. The van der Waals surface area contributed by atoms with Gasteiger partial charge in [-0.05, 0) is 46.8 Å². The fraction of sp³-hybridized carbons (Fsp3) is 0.571. The lowest BCUT2D eigenvalue weighted by molar-refractivity contribution is 0.791. The van der Waals surface area contributed by atoms with Crippen molar-refractivity contribution in [1.29, 1.82) is 0 Å². The van der Waals surface area contributed by atoms with Gasteiger partial charge in [-0.15, -0.1) is 0 Å². The molecule has 0 radical (unpaired) electrons. The Morgan fingerprint density at radius 1 is 1.12 bits per heavy atom. The normalized spacial score (nSPS) is 10.4. The SMILES string of the molecule is CCCCNc1c(Br)cccc1CCCC. The van der Waals surface area contributed by atoms with Gasteiger partial charge >= 0.3 is 0 Å². The summed E-state index contributed by atoms with van der Waals surface area (Å²) < 4.78 is 1.19. The first kappa shape index (κ1) is 13.6. The summed E-state index contributed by atoms with van der Waals surface area (Å²) in [6, 6.07) is 6.47. The number of aryl methyl sites for hydroxylation is 1. The molecule has 0 aliphatic carbocycles. The Hall–Kier alpha value is -0.500. The van der Waals surface area contributed by atoms with E-state index in [1.165, 1.54) is 47.8 Å². The van der Waals surface area contributed by atoms with E-state index >= 15 is 0 Å². The summed E-state index contributed by atoms with van der Waals surface area (Å²) in [6.07, 6.45) is 6.15. The molecule has 1 nitrogen and oxygen atoms in total. The van der Waals surface area contributed by atoms with Crippen LogP contribution in [0.4, 0.5) is 5.69 Å². The van der Waals surface area contributed by atoms with E-state index in [2.05, 4.69) is 53.3 Å². The molecule has 0 spiro atoms. The van der Waals surface area contributed by atoms with Crippen molar-refractivity contribution in [2.24, 2.45) is 0 Å². The minimum Gasteiger partial charge on any atom is -0.384 e. The zero-order valence-electron chi connectivity index (χ0n) is 10.4. The van der Waals surface area contributed by atoms with E-state index in [1.807, 2.05) is 0 Å². The number of hydrogen-bond acceptors (Lipinski definition) is 1. The molecule has 1 aromatic carbocycles. The van der Waals surface area contributed by atoms with Crippen LogP contribution < -0.4 is 5.32 Å². The third-order valence-corrected chi connectivity index (χ3v) is 3.39. The number of benzene rings is 1. The zero-order valence-corrected chi connectivity index (χ0v) is 11.9. The van der Waals surface area contributed by atoms with Gasteiger partial charge in [0.25, 0.3) is 0 Å². The van der Waals surface area contributed by atoms with E-state index < -0.39 is 0 Å². The molecule has 0 fully saturated rings. The van der Waals surface area contributed by atoms with E-state index in [9.17, 15) is 0 Å². The second kappa shape index (κ2) is 7.72. The van der Waals surface area contributed by atoms with Gasteiger partial charge in [0.1, 0.15) is 0 Å². The first-order valence-electron chi connectivity index (χ1n) is 6.30. The standard InChI is InChI=1S/C14H22BrN/c1-3-5-8-12-9-7-10-13(15)14(12)16-11-6-4-2/h7,9-10,16H,3-6,8,11H2,1-2H3. The lowest BCUT2D eigenvalue weighted by Crippen LogP contribution is -2.04. The molecule has 0 aliphatic rings. The number of unbranched alkanes of at least 4 members (excludes halogenated alkanes) is 2. The highest BCUT2D eigenvalue weighted by atomic mass is 79.9. The quantitative estimate of drug-likeness (QED) is 0.694. The van der Waals surface area contributed by atoms with Gasteiger partial charge in [0.05, 0.1) is 5.69 Å². The van der Waals surface area contributed by atoms with Gasteiger partial charge in [-0.1, -0.05) is 38.8 Å². The van der Waals surface area contributed by atoms with Crippen LogP contribution in [0.3, 0.4) is 0 Å². The van der Waals surface area contributed by atoms with E-state index in [1.54, 1.807) is 0 Å². The maximum Gasteiger partial charge on any atom is 0.0517 e. The summed E-state index contributed by atoms with van der Waals surface area (Å²) >= 11 is 3.63. The minimum atomic E-state index is 1.07. The van der Waals surface area contributed by atoms with Crippen LogP contribution in [-0.4, -0.2) is 6.54 Å². The lowest BCUT2D eigenvalue weighted by Gasteiger charge is -2.13. The fourth-order valence-corrected chi connectivity index (χ4v) is 2.28. The van der Waals surface area contributed by atoms with Crippen LogP contribution in [0.1, 0.15) is 45.1 Å². The molecule has 1 N–H and O–H groups in total. The van der Waals surface area contributed by atoms with Crippen LogP contribution in [0.5, 0.6) is 0 Å². The van der Waals surface area contributed by atoms with Gasteiger partial charge in [-0.3, -0.25) is 0 Å². The molecule has 0 unspecified atom stereocenters. The van der Waals surface area contributed by atoms with Crippen molar-refractivity contribution >= 4 is 21.6 Å². The highest BCUT2D eigenvalue weighted by Gasteiger charge is 2.05. The van der Waals surface area contributed by atoms with Crippen molar-refractivity contribution in [3.8, 4) is 0 Å². The number of halogens is 1. The van der Waals surface area contributed by atoms with Crippen molar-refractivity contribution in [3.05, 3.63) is 28.2 Å². The van der Waals surface area contributed by atoms with Gasteiger partial charge < -0.3 is 5.32 Å². The number of para-hydroxylation sites is 1. The lowest BCUT2D eigenvalue weighted by atomic mass is 10.1.